The van der Waals surface area contributed by atoms with Gasteiger partial charge >= 0.3 is 5.97 Å². The molecule has 148 valence electrons. The van der Waals surface area contributed by atoms with Crippen LogP contribution >= 0.6 is 0 Å². The third-order valence-electron chi connectivity index (χ3n) is 5.12. The van der Waals surface area contributed by atoms with Crippen molar-refractivity contribution in [2.24, 2.45) is 5.92 Å². The first-order valence-electron chi connectivity index (χ1n) is 10.4. The highest BCUT2D eigenvalue weighted by Gasteiger charge is 2.29. The average molecular weight is 357 g/mol. The zero-order valence-corrected chi connectivity index (χ0v) is 17.1. The second-order valence-electron chi connectivity index (χ2n) is 7.60. The first-order chi connectivity index (χ1) is 11.9. The van der Waals surface area contributed by atoms with E-state index in [2.05, 4.69) is 20.8 Å². The van der Waals surface area contributed by atoms with Crippen molar-refractivity contribution in [3.63, 3.8) is 0 Å². The number of allylic oxidation sites excluding steroid dienone is 1. The highest BCUT2D eigenvalue weighted by atomic mass is 16.4. The number of carboxylic acid groups (broad SMARTS) is 1. The third kappa shape index (κ3) is 11.2. The van der Waals surface area contributed by atoms with E-state index in [1.165, 1.54) is 12.8 Å². The van der Waals surface area contributed by atoms with E-state index in [1.807, 2.05) is 6.08 Å². The Bertz CT molecular complexity index is 371. The van der Waals surface area contributed by atoms with Crippen LogP contribution in [0.5, 0.6) is 0 Å². The minimum Gasteiger partial charge on any atom is -0.507 e. The maximum absolute atomic E-state index is 11.2. The van der Waals surface area contributed by atoms with Crippen LogP contribution in [-0.4, -0.2) is 46.8 Å². The van der Waals surface area contributed by atoms with Crippen molar-refractivity contribution in [1.82, 2.24) is 0 Å². The van der Waals surface area contributed by atoms with Gasteiger partial charge in [0, 0.05) is 6.42 Å². The first-order valence-corrected chi connectivity index (χ1v) is 10.4. The SMILES string of the molecule is CCCCC/C=C(\O)C[N+](CCCC)(CCCC)CCC(C)C(=O)O. The van der Waals surface area contributed by atoms with Crippen molar-refractivity contribution < 1.29 is 19.5 Å². The Balaban J connectivity index is 5.04. The summed E-state index contributed by atoms with van der Waals surface area (Å²) in [5.41, 5.74) is 0. The predicted molar refractivity (Wildman–Crippen MR) is 106 cm³/mol. The monoisotopic (exact) mass is 356 g/mol. The van der Waals surface area contributed by atoms with Gasteiger partial charge in [-0.25, -0.2) is 0 Å². The van der Waals surface area contributed by atoms with Gasteiger partial charge in [-0.1, -0.05) is 53.4 Å². The van der Waals surface area contributed by atoms with Gasteiger partial charge in [0.2, 0.25) is 0 Å². The molecule has 0 aliphatic heterocycles. The van der Waals surface area contributed by atoms with Crippen LogP contribution in [-0.2, 0) is 4.79 Å². The van der Waals surface area contributed by atoms with Crippen molar-refractivity contribution in [2.75, 3.05) is 26.2 Å². The molecule has 0 spiro atoms. The van der Waals surface area contributed by atoms with E-state index < -0.39 is 5.97 Å². The largest absolute Gasteiger partial charge is 0.507 e. The van der Waals surface area contributed by atoms with E-state index in [0.717, 1.165) is 62.6 Å². The van der Waals surface area contributed by atoms with Crippen LogP contribution in [0.2, 0.25) is 0 Å². The number of hydrogen-bond donors (Lipinski definition) is 2. The number of carbonyl (C=O) groups is 1. The zero-order chi connectivity index (χ0) is 19.1. The van der Waals surface area contributed by atoms with E-state index >= 15 is 0 Å². The van der Waals surface area contributed by atoms with Gasteiger partial charge in [0.05, 0.1) is 25.6 Å². The van der Waals surface area contributed by atoms with Crippen molar-refractivity contribution >= 4 is 5.97 Å². The van der Waals surface area contributed by atoms with Crippen molar-refractivity contribution in [3.05, 3.63) is 11.8 Å². The van der Waals surface area contributed by atoms with Crippen LogP contribution in [0, 0.1) is 5.92 Å². The van der Waals surface area contributed by atoms with Crippen molar-refractivity contribution in [2.45, 2.75) is 85.5 Å². The molecule has 0 saturated carbocycles. The van der Waals surface area contributed by atoms with Gasteiger partial charge in [0.15, 0.2) is 0 Å². The molecule has 4 nitrogen and oxygen atoms in total. The molecular formula is C21H42NO3+. The molecule has 1 atom stereocenters. The number of aliphatic hydroxyl groups is 1. The van der Waals surface area contributed by atoms with Gasteiger partial charge in [-0.2, -0.15) is 0 Å². The van der Waals surface area contributed by atoms with Crippen LogP contribution in [0.25, 0.3) is 0 Å². The summed E-state index contributed by atoms with van der Waals surface area (Å²) in [6.45, 7) is 11.9. The lowest BCUT2D eigenvalue weighted by Crippen LogP contribution is -2.52. The molecule has 0 bridgehead atoms. The molecule has 0 saturated heterocycles. The summed E-state index contributed by atoms with van der Waals surface area (Å²) in [6, 6.07) is 0. The van der Waals surface area contributed by atoms with Crippen LogP contribution in [0.3, 0.4) is 0 Å². The minimum absolute atomic E-state index is 0.323. The fourth-order valence-electron chi connectivity index (χ4n) is 3.22. The lowest BCUT2D eigenvalue weighted by atomic mass is 10.1. The molecular weight excluding hydrogens is 314 g/mol. The number of nitrogens with zero attached hydrogens (tertiary/aromatic N) is 1. The minimum atomic E-state index is -0.719. The summed E-state index contributed by atoms with van der Waals surface area (Å²) in [5, 5.41) is 19.7. The molecule has 2 N–H and O–H groups in total. The molecule has 4 heteroatoms. The Morgan fingerprint density at radius 2 is 1.48 bits per heavy atom. The summed E-state index contributed by atoms with van der Waals surface area (Å²) in [6.07, 6.45) is 11.6. The number of quaternary nitrogens is 1. The first kappa shape index (κ1) is 24.0. The second kappa shape index (κ2) is 14.2. The lowest BCUT2D eigenvalue weighted by molar-refractivity contribution is -0.925. The topological polar surface area (TPSA) is 57.5 Å². The van der Waals surface area contributed by atoms with E-state index in [0.29, 0.717) is 18.7 Å². The summed E-state index contributed by atoms with van der Waals surface area (Å²) in [7, 11) is 0. The number of aliphatic hydroxyl groups excluding tert-OH is 1. The van der Waals surface area contributed by atoms with Crippen LogP contribution in [0.4, 0.5) is 0 Å². The molecule has 0 rings (SSSR count). The Morgan fingerprint density at radius 3 is 1.96 bits per heavy atom. The molecule has 0 radical (unpaired) electrons. The predicted octanol–water partition coefficient (Wildman–Crippen LogP) is 5.54. The number of carboxylic acids is 1. The lowest BCUT2D eigenvalue weighted by Gasteiger charge is -2.39. The van der Waals surface area contributed by atoms with E-state index in [-0.39, 0.29) is 5.92 Å². The van der Waals surface area contributed by atoms with Gasteiger partial charge in [-0.05, 0) is 31.8 Å². The normalized spacial score (nSPS) is 13.8. The standard InChI is InChI=1S/C21H41NO3/c1-5-8-11-12-13-20(23)18-22(15-9-6-2,16-10-7-3)17-14-19(4)21(24)25/h13,19H,5-12,14-18H2,1-4H3,(H-,23,24,25)/p+1/b20-13-. The molecule has 0 aliphatic carbocycles. The maximum Gasteiger partial charge on any atom is 0.306 e. The molecule has 1 unspecified atom stereocenters. The maximum atomic E-state index is 11.2. The van der Waals surface area contributed by atoms with Gasteiger partial charge < -0.3 is 14.7 Å². The molecule has 0 aromatic rings. The van der Waals surface area contributed by atoms with Crippen molar-refractivity contribution in [3.8, 4) is 0 Å². The number of aliphatic carboxylic acids is 1. The van der Waals surface area contributed by atoms with Crippen LogP contribution in [0.15, 0.2) is 11.8 Å². The Morgan fingerprint density at radius 1 is 0.920 bits per heavy atom. The Kier molecular flexibility index (Phi) is 13.6. The molecule has 0 heterocycles. The van der Waals surface area contributed by atoms with Gasteiger partial charge in [-0.3, -0.25) is 4.79 Å². The third-order valence-corrected chi connectivity index (χ3v) is 5.12. The highest BCUT2D eigenvalue weighted by molar-refractivity contribution is 5.69. The number of hydrogen-bond acceptors (Lipinski definition) is 2. The van der Waals surface area contributed by atoms with E-state index in [4.69, 9.17) is 0 Å². The van der Waals surface area contributed by atoms with Gasteiger partial charge in [0.1, 0.15) is 12.3 Å². The quantitative estimate of drug-likeness (QED) is 0.217. The summed E-state index contributed by atoms with van der Waals surface area (Å²) < 4.78 is 0.829. The number of rotatable bonds is 16. The molecule has 25 heavy (non-hydrogen) atoms. The molecule has 0 aromatic carbocycles. The molecule has 0 amide bonds. The smallest absolute Gasteiger partial charge is 0.306 e. The fourth-order valence-corrected chi connectivity index (χ4v) is 3.22. The van der Waals surface area contributed by atoms with Crippen molar-refractivity contribution in [1.29, 1.82) is 0 Å². The molecule has 0 aromatic heterocycles. The van der Waals surface area contributed by atoms with Gasteiger partial charge in [0.25, 0.3) is 0 Å². The Labute approximate surface area is 155 Å². The molecule has 0 fully saturated rings. The molecule has 0 aliphatic rings. The number of unbranched alkanes of at least 4 members (excludes halogenated alkanes) is 5. The summed E-state index contributed by atoms with van der Waals surface area (Å²) in [4.78, 5) is 11.2. The average Bonchev–Trinajstić information content (AvgIpc) is 2.59. The summed E-state index contributed by atoms with van der Waals surface area (Å²) in [5.74, 6) is -0.550. The van der Waals surface area contributed by atoms with E-state index in [9.17, 15) is 15.0 Å². The van der Waals surface area contributed by atoms with Gasteiger partial charge in [-0.15, -0.1) is 0 Å². The second-order valence-corrected chi connectivity index (χ2v) is 7.60. The van der Waals surface area contributed by atoms with E-state index in [1.54, 1.807) is 6.92 Å². The van der Waals surface area contributed by atoms with Crippen LogP contribution in [0.1, 0.15) is 85.5 Å². The van der Waals surface area contributed by atoms with Crippen LogP contribution < -0.4 is 0 Å². The highest BCUT2D eigenvalue weighted by Crippen LogP contribution is 2.19. The zero-order valence-electron chi connectivity index (χ0n) is 17.1. The summed E-state index contributed by atoms with van der Waals surface area (Å²) >= 11 is 0. The fraction of sp³-hybridized carbons (Fsp3) is 0.857. The Hall–Kier alpha value is -1.03.